The minimum Gasteiger partial charge on any atom is -0.462 e. The highest BCUT2D eigenvalue weighted by Gasteiger charge is 2.19. The van der Waals surface area contributed by atoms with Crippen LogP contribution in [0.4, 0.5) is 0 Å². The molecule has 0 heterocycles. The van der Waals surface area contributed by atoms with Crippen molar-refractivity contribution in [1.29, 1.82) is 0 Å². The SMILES string of the molecule is CCCCCCC/C=C\C/C=C\CCCCCCCCCCCCCCCCCCCC(=O)OCC(COC(=O)CCCCCCCCCCCCC)OC(=O)CCCCCCCCCCCCCCCCCCCCC. The van der Waals surface area contributed by atoms with E-state index in [1.807, 2.05) is 0 Å². The maximum absolute atomic E-state index is 12.9. The molecule has 0 rings (SSSR count). The molecule has 0 radical (unpaired) electrons. The Hall–Kier alpha value is -2.11. The average molecular weight is 1080 g/mol. The van der Waals surface area contributed by atoms with E-state index in [0.717, 1.165) is 64.2 Å². The number of esters is 3. The molecule has 0 aliphatic carbocycles. The van der Waals surface area contributed by atoms with Gasteiger partial charge in [0.05, 0.1) is 0 Å². The van der Waals surface area contributed by atoms with Gasteiger partial charge in [-0.25, -0.2) is 0 Å². The normalized spacial score (nSPS) is 12.1. The lowest BCUT2D eigenvalue weighted by molar-refractivity contribution is -0.167. The Bertz CT molecular complexity index is 1240. The molecule has 0 saturated carbocycles. The molecule has 454 valence electrons. The van der Waals surface area contributed by atoms with Crippen LogP contribution in [0.25, 0.3) is 0 Å². The molecule has 0 N–H and O–H groups in total. The van der Waals surface area contributed by atoms with E-state index in [1.54, 1.807) is 0 Å². The van der Waals surface area contributed by atoms with Gasteiger partial charge in [0.25, 0.3) is 0 Å². The van der Waals surface area contributed by atoms with Crippen LogP contribution in [0.5, 0.6) is 0 Å². The van der Waals surface area contributed by atoms with Gasteiger partial charge in [0.2, 0.25) is 0 Å². The fraction of sp³-hybridized carbons (Fsp3) is 0.901. The van der Waals surface area contributed by atoms with Crippen molar-refractivity contribution in [3.05, 3.63) is 24.3 Å². The first-order chi connectivity index (χ1) is 38.0. The van der Waals surface area contributed by atoms with E-state index in [1.165, 1.54) is 289 Å². The molecule has 0 aromatic heterocycles. The van der Waals surface area contributed by atoms with Gasteiger partial charge in [-0.2, -0.15) is 0 Å². The average Bonchev–Trinajstić information content (AvgIpc) is 3.43. The first kappa shape index (κ1) is 74.9. The first-order valence-electron chi connectivity index (χ1n) is 34.8. The number of rotatable bonds is 65. The fourth-order valence-corrected chi connectivity index (χ4v) is 10.7. The van der Waals surface area contributed by atoms with Crippen LogP contribution in [0.3, 0.4) is 0 Å². The van der Waals surface area contributed by atoms with Crippen molar-refractivity contribution >= 4 is 17.9 Å². The molecule has 6 nitrogen and oxygen atoms in total. The molecule has 0 spiro atoms. The zero-order valence-electron chi connectivity index (χ0n) is 52.3. The summed E-state index contributed by atoms with van der Waals surface area (Å²) in [4.78, 5) is 38.3. The smallest absolute Gasteiger partial charge is 0.306 e. The number of carbonyl (C=O) groups excluding carboxylic acids is 3. The van der Waals surface area contributed by atoms with Crippen molar-refractivity contribution in [3.8, 4) is 0 Å². The largest absolute Gasteiger partial charge is 0.462 e. The Balaban J connectivity index is 4.13. The molecule has 0 aromatic rings. The lowest BCUT2D eigenvalue weighted by Crippen LogP contribution is -2.30. The Morgan fingerprint density at radius 2 is 0.468 bits per heavy atom. The summed E-state index contributed by atoms with van der Waals surface area (Å²) >= 11 is 0. The molecular weight excluding hydrogens is 949 g/mol. The van der Waals surface area contributed by atoms with E-state index in [0.29, 0.717) is 19.3 Å². The summed E-state index contributed by atoms with van der Waals surface area (Å²) in [6.07, 6.45) is 80.7. The number of carbonyl (C=O) groups is 3. The predicted octanol–water partition coefficient (Wildman–Crippen LogP) is 23.8. The molecule has 6 heteroatoms. The molecule has 0 amide bonds. The number of unbranched alkanes of at least 4 members (excludes halogenated alkanes) is 50. The van der Waals surface area contributed by atoms with Crippen molar-refractivity contribution in [2.75, 3.05) is 13.2 Å². The Morgan fingerprint density at radius 1 is 0.260 bits per heavy atom. The summed E-state index contributed by atoms with van der Waals surface area (Å²) in [6, 6.07) is 0. The summed E-state index contributed by atoms with van der Waals surface area (Å²) in [5, 5.41) is 0. The van der Waals surface area contributed by atoms with E-state index in [2.05, 4.69) is 45.1 Å². The number of ether oxygens (including phenoxy) is 3. The fourth-order valence-electron chi connectivity index (χ4n) is 10.7. The molecule has 0 aliphatic heterocycles. The van der Waals surface area contributed by atoms with Crippen molar-refractivity contribution in [2.24, 2.45) is 0 Å². The minimum absolute atomic E-state index is 0.0636. The van der Waals surface area contributed by atoms with E-state index < -0.39 is 6.10 Å². The molecular formula is C71H134O6. The van der Waals surface area contributed by atoms with Crippen LogP contribution in [0.15, 0.2) is 24.3 Å². The van der Waals surface area contributed by atoms with E-state index >= 15 is 0 Å². The van der Waals surface area contributed by atoms with Gasteiger partial charge >= 0.3 is 17.9 Å². The van der Waals surface area contributed by atoms with Gasteiger partial charge in [0, 0.05) is 19.3 Å². The van der Waals surface area contributed by atoms with Gasteiger partial charge in [0.15, 0.2) is 6.10 Å². The lowest BCUT2D eigenvalue weighted by atomic mass is 10.0. The highest BCUT2D eigenvalue weighted by Crippen LogP contribution is 2.19. The second kappa shape index (κ2) is 66.4. The Morgan fingerprint density at radius 3 is 0.714 bits per heavy atom. The van der Waals surface area contributed by atoms with Gasteiger partial charge in [-0.05, 0) is 51.4 Å². The van der Waals surface area contributed by atoms with Crippen LogP contribution >= 0.6 is 0 Å². The van der Waals surface area contributed by atoms with Crippen molar-refractivity contribution in [2.45, 2.75) is 399 Å². The summed E-state index contributed by atoms with van der Waals surface area (Å²) in [7, 11) is 0. The van der Waals surface area contributed by atoms with Crippen molar-refractivity contribution < 1.29 is 28.6 Å². The van der Waals surface area contributed by atoms with Gasteiger partial charge in [-0.15, -0.1) is 0 Å². The lowest BCUT2D eigenvalue weighted by Gasteiger charge is -2.18. The molecule has 0 saturated heterocycles. The summed E-state index contributed by atoms with van der Waals surface area (Å²) in [5.41, 5.74) is 0. The summed E-state index contributed by atoms with van der Waals surface area (Å²) < 4.78 is 17.0. The molecule has 0 fully saturated rings. The number of hydrogen-bond donors (Lipinski definition) is 0. The Labute approximate surface area is 481 Å². The second-order valence-electron chi connectivity index (χ2n) is 23.8. The standard InChI is InChI=1S/C71H134O6/c1-4-7-10-13-16-19-22-24-26-28-30-31-32-33-34-35-36-37-38-39-41-42-44-46-49-52-55-58-61-64-70(73)76-67-68(66-75-69(72)63-60-57-54-51-48-21-18-15-12-9-6-3)77-71(74)65-62-59-56-53-50-47-45-43-40-29-27-25-23-20-17-14-11-8-5-2/h22,24,28,30,68H,4-21,23,25-27,29,31-67H2,1-3H3/b24-22-,30-28-. The van der Waals surface area contributed by atoms with E-state index in [4.69, 9.17) is 14.2 Å². The third-order valence-electron chi connectivity index (χ3n) is 16.0. The summed E-state index contributed by atoms with van der Waals surface area (Å²) in [5.74, 6) is -0.832. The highest BCUT2D eigenvalue weighted by atomic mass is 16.6. The van der Waals surface area contributed by atoms with Gasteiger partial charge in [0.1, 0.15) is 13.2 Å². The number of hydrogen-bond acceptors (Lipinski definition) is 6. The maximum Gasteiger partial charge on any atom is 0.306 e. The van der Waals surface area contributed by atoms with Crippen LogP contribution in [0.2, 0.25) is 0 Å². The van der Waals surface area contributed by atoms with Crippen LogP contribution in [-0.4, -0.2) is 37.2 Å². The van der Waals surface area contributed by atoms with Crippen LogP contribution < -0.4 is 0 Å². The quantitative estimate of drug-likeness (QED) is 0.0261. The molecule has 0 aliphatic rings. The van der Waals surface area contributed by atoms with Crippen molar-refractivity contribution in [1.82, 2.24) is 0 Å². The maximum atomic E-state index is 12.9. The molecule has 1 atom stereocenters. The third-order valence-corrected chi connectivity index (χ3v) is 16.0. The predicted molar refractivity (Wildman–Crippen MR) is 335 cm³/mol. The van der Waals surface area contributed by atoms with Crippen LogP contribution in [-0.2, 0) is 28.6 Å². The van der Waals surface area contributed by atoms with Gasteiger partial charge in [-0.3, -0.25) is 14.4 Å². The highest BCUT2D eigenvalue weighted by molar-refractivity contribution is 5.71. The zero-order chi connectivity index (χ0) is 55.7. The molecule has 77 heavy (non-hydrogen) atoms. The van der Waals surface area contributed by atoms with Crippen molar-refractivity contribution in [3.63, 3.8) is 0 Å². The monoisotopic (exact) mass is 1080 g/mol. The zero-order valence-corrected chi connectivity index (χ0v) is 52.3. The topological polar surface area (TPSA) is 78.9 Å². The molecule has 1 unspecified atom stereocenters. The van der Waals surface area contributed by atoms with Crippen LogP contribution in [0, 0.1) is 0 Å². The van der Waals surface area contributed by atoms with E-state index in [9.17, 15) is 14.4 Å². The van der Waals surface area contributed by atoms with Gasteiger partial charge in [-0.1, -0.05) is 347 Å². The number of allylic oxidation sites excluding steroid dienone is 4. The van der Waals surface area contributed by atoms with Gasteiger partial charge < -0.3 is 14.2 Å². The Kier molecular flexibility index (Phi) is 64.6. The summed E-state index contributed by atoms with van der Waals surface area (Å²) in [6.45, 7) is 6.70. The third kappa shape index (κ3) is 64.6. The first-order valence-corrected chi connectivity index (χ1v) is 34.8. The second-order valence-corrected chi connectivity index (χ2v) is 23.8. The molecule has 0 bridgehead atoms. The van der Waals surface area contributed by atoms with Crippen LogP contribution in [0.1, 0.15) is 393 Å². The molecule has 0 aromatic carbocycles. The minimum atomic E-state index is -0.765. The van der Waals surface area contributed by atoms with E-state index in [-0.39, 0.29) is 31.1 Å².